The van der Waals surface area contributed by atoms with Gasteiger partial charge in [0.2, 0.25) is 0 Å². The maximum absolute atomic E-state index is 13.8. The predicted molar refractivity (Wildman–Crippen MR) is 115 cm³/mol. The third-order valence-electron chi connectivity index (χ3n) is 4.05. The number of hydrogen-bond acceptors (Lipinski definition) is 4. The number of amides is 1. The fourth-order valence-corrected chi connectivity index (χ4v) is 4.25. The quantitative estimate of drug-likeness (QED) is 0.443. The molecule has 0 saturated heterocycles. The average Bonchev–Trinajstić information content (AvgIpc) is 2.75. The van der Waals surface area contributed by atoms with Gasteiger partial charge in [0, 0.05) is 5.56 Å². The van der Waals surface area contributed by atoms with E-state index in [2.05, 4.69) is 10.5 Å². The lowest BCUT2D eigenvalue weighted by atomic mass is 10.2. The van der Waals surface area contributed by atoms with E-state index in [1.165, 1.54) is 30.3 Å². The predicted octanol–water partition coefficient (Wildman–Crippen LogP) is 3.82. The van der Waals surface area contributed by atoms with E-state index < -0.39 is 28.3 Å². The van der Waals surface area contributed by atoms with Crippen LogP contribution in [0.25, 0.3) is 0 Å². The number of para-hydroxylation sites is 1. The van der Waals surface area contributed by atoms with Gasteiger partial charge < -0.3 is 0 Å². The topological polar surface area (TPSA) is 78.8 Å². The van der Waals surface area contributed by atoms with Gasteiger partial charge in [-0.15, -0.1) is 0 Å². The Morgan fingerprint density at radius 3 is 2.27 bits per heavy atom. The number of nitrogens with one attached hydrogen (secondary N) is 1. The molecular formula is C21H17ClFN3O3S. The molecule has 0 heterocycles. The molecule has 3 rings (SSSR count). The van der Waals surface area contributed by atoms with Gasteiger partial charge in [0.1, 0.15) is 12.4 Å². The minimum Gasteiger partial charge on any atom is -0.271 e. The van der Waals surface area contributed by atoms with E-state index >= 15 is 0 Å². The molecule has 3 aromatic rings. The summed E-state index contributed by atoms with van der Waals surface area (Å²) in [5.74, 6) is -1.31. The molecule has 0 atom stereocenters. The van der Waals surface area contributed by atoms with Crippen molar-refractivity contribution < 1.29 is 17.6 Å². The summed E-state index contributed by atoms with van der Waals surface area (Å²) in [7, 11) is -4.00. The lowest BCUT2D eigenvalue weighted by Gasteiger charge is -2.23. The van der Waals surface area contributed by atoms with Crippen LogP contribution in [0, 0.1) is 5.82 Å². The van der Waals surface area contributed by atoms with Crippen molar-refractivity contribution in [1.82, 2.24) is 5.43 Å². The van der Waals surface area contributed by atoms with Gasteiger partial charge in [0.15, 0.2) is 0 Å². The number of benzene rings is 3. The fraction of sp³-hybridized carbons (Fsp3) is 0.0476. The maximum Gasteiger partial charge on any atom is 0.264 e. The second-order valence-electron chi connectivity index (χ2n) is 6.09. The van der Waals surface area contributed by atoms with Crippen molar-refractivity contribution in [3.8, 4) is 0 Å². The molecule has 0 saturated carbocycles. The molecule has 0 fully saturated rings. The zero-order valence-electron chi connectivity index (χ0n) is 15.6. The van der Waals surface area contributed by atoms with Crippen LogP contribution < -0.4 is 9.73 Å². The van der Waals surface area contributed by atoms with Gasteiger partial charge in [-0.3, -0.25) is 9.10 Å². The molecule has 3 aromatic carbocycles. The van der Waals surface area contributed by atoms with Crippen LogP contribution in [0.3, 0.4) is 0 Å². The molecule has 1 N–H and O–H groups in total. The zero-order chi connectivity index (χ0) is 21.6. The van der Waals surface area contributed by atoms with Crippen LogP contribution in [0.5, 0.6) is 0 Å². The van der Waals surface area contributed by atoms with Crippen LogP contribution in [0.2, 0.25) is 5.02 Å². The molecule has 0 bridgehead atoms. The number of sulfonamides is 1. The fourth-order valence-electron chi connectivity index (χ4n) is 2.60. The van der Waals surface area contributed by atoms with Gasteiger partial charge in [-0.2, -0.15) is 5.10 Å². The summed E-state index contributed by atoms with van der Waals surface area (Å²) in [6.45, 7) is -0.524. The van der Waals surface area contributed by atoms with Gasteiger partial charge in [-0.05, 0) is 36.4 Å². The maximum atomic E-state index is 13.8. The Hall–Kier alpha value is -3.23. The number of anilines is 1. The summed E-state index contributed by atoms with van der Waals surface area (Å²) in [6, 6.07) is 20.1. The molecule has 0 aliphatic heterocycles. The monoisotopic (exact) mass is 445 g/mol. The van der Waals surface area contributed by atoms with E-state index in [0.717, 1.165) is 10.5 Å². The molecular weight excluding hydrogens is 429 g/mol. The summed E-state index contributed by atoms with van der Waals surface area (Å²) in [5.41, 5.74) is 2.54. The summed E-state index contributed by atoms with van der Waals surface area (Å²) in [6.07, 6.45) is 1.06. The van der Waals surface area contributed by atoms with E-state index in [1.807, 2.05) is 0 Å². The van der Waals surface area contributed by atoms with Crippen molar-refractivity contribution in [3.05, 3.63) is 95.3 Å². The molecule has 30 heavy (non-hydrogen) atoms. The van der Waals surface area contributed by atoms with Crippen molar-refractivity contribution in [3.63, 3.8) is 0 Å². The molecule has 6 nitrogen and oxygen atoms in total. The number of carbonyl (C=O) groups excluding carboxylic acids is 1. The minimum atomic E-state index is -4.00. The van der Waals surface area contributed by atoms with Gasteiger partial charge in [-0.25, -0.2) is 18.2 Å². The number of hydrazone groups is 1. The highest BCUT2D eigenvalue weighted by Gasteiger charge is 2.26. The van der Waals surface area contributed by atoms with Crippen molar-refractivity contribution in [2.45, 2.75) is 4.90 Å². The lowest BCUT2D eigenvalue weighted by molar-refractivity contribution is -0.119. The molecule has 9 heteroatoms. The third kappa shape index (κ3) is 5.03. The van der Waals surface area contributed by atoms with E-state index in [0.29, 0.717) is 5.69 Å². The van der Waals surface area contributed by atoms with E-state index in [9.17, 15) is 17.6 Å². The number of nitrogens with zero attached hydrogens (tertiary/aromatic N) is 2. The van der Waals surface area contributed by atoms with E-state index in [1.54, 1.807) is 48.5 Å². The zero-order valence-corrected chi connectivity index (χ0v) is 17.1. The summed E-state index contributed by atoms with van der Waals surface area (Å²) >= 11 is 5.91. The second-order valence-corrected chi connectivity index (χ2v) is 8.36. The highest BCUT2D eigenvalue weighted by Crippen LogP contribution is 2.23. The van der Waals surface area contributed by atoms with Crippen molar-refractivity contribution in [1.29, 1.82) is 0 Å². The molecule has 0 radical (unpaired) electrons. The van der Waals surface area contributed by atoms with Crippen molar-refractivity contribution in [2.24, 2.45) is 5.10 Å². The number of halogens is 2. The summed E-state index contributed by atoms with van der Waals surface area (Å²) in [5, 5.41) is 3.82. The number of hydrogen-bond donors (Lipinski definition) is 1. The van der Waals surface area contributed by atoms with Crippen LogP contribution in [-0.4, -0.2) is 27.1 Å². The van der Waals surface area contributed by atoms with Crippen LogP contribution in [-0.2, 0) is 14.8 Å². The molecule has 0 spiro atoms. The van der Waals surface area contributed by atoms with Gasteiger partial charge >= 0.3 is 0 Å². The van der Waals surface area contributed by atoms with Crippen molar-refractivity contribution in [2.75, 3.05) is 10.8 Å². The summed E-state index contributed by atoms with van der Waals surface area (Å²) < 4.78 is 40.9. The Morgan fingerprint density at radius 1 is 1.00 bits per heavy atom. The highest BCUT2D eigenvalue weighted by atomic mass is 35.5. The molecule has 154 valence electrons. The highest BCUT2D eigenvalue weighted by molar-refractivity contribution is 7.92. The first-order valence-electron chi connectivity index (χ1n) is 8.78. The Labute approximate surface area is 178 Å². The van der Waals surface area contributed by atoms with E-state index in [4.69, 9.17) is 11.6 Å². The van der Waals surface area contributed by atoms with Gasteiger partial charge in [-0.1, -0.05) is 54.1 Å². The Morgan fingerprint density at radius 2 is 1.63 bits per heavy atom. The Bertz CT molecular complexity index is 1140. The molecule has 0 aliphatic carbocycles. The Kier molecular flexibility index (Phi) is 6.81. The smallest absolute Gasteiger partial charge is 0.264 e. The number of rotatable bonds is 7. The normalized spacial score (nSPS) is 11.4. The van der Waals surface area contributed by atoms with E-state index in [-0.39, 0.29) is 15.5 Å². The average molecular weight is 446 g/mol. The summed E-state index contributed by atoms with van der Waals surface area (Å²) in [4.78, 5) is 12.5. The van der Waals surface area contributed by atoms with Crippen LogP contribution in [0.15, 0.2) is 88.9 Å². The van der Waals surface area contributed by atoms with Crippen molar-refractivity contribution >= 4 is 39.4 Å². The first-order chi connectivity index (χ1) is 14.4. The lowest BCUT2D eigenvalue weighted by Crippen LogP contribution is -2.39. The van der Waals surface area contributed by atoms with Gasteiger partial charge in [0.25, 0.3) is 15.9 Å². The largest absolute Gasteiger partial charge is 0.271 e. The standard InChI is InChI=1S/C21H17ClFN3O3S/c22-19-12-7-13-20(23)18(19)14-24-25-21(27)15-26(16-8-3-1-4-9-16)30(28,29)17-10-5-2-6-11-17/h1-14H,15H2,(H,25,27)/b24-14+. The minimum absolute atomic E-state index is 0.0105. The molecule has 0 aromatic heterocycles. The van der Waals surface area contributed by atoms with Crippen LogP contribution in [0.1, 0.15) is 5.56 Å². The molecule has 1 amide bonds. The number of carbonyl (C=O) groups is 1. The Balaban J connectivity index is 1.82. The second kappa shape index (κ2) is 9.51. The van der Waals surface area contributed by atoms with Crippen LogP contribution >= 0.6 is 11.6 Å². The first-order valence-corrected chi connectivity index (χ1v) is 10.6. The van der Waals surface area contributed by atoms with Crippen LogP contribution in [0.4, 0.5) is 10.1 Å². The molecule has 0 unspecified atom stereocenters. The third-order valence-corrected chi connectivity index (χ3v) is 6.16. The molecule has 0 aliphatic rings. The SMILES string of the molecule is O=C(CN(c1ccccc1)S(=O)(=O)c1ccccc1)N/N=C/c1c(F)cccc1Cl. The first kappa shape index (κ1) is 21.5. The van der Waals surface area contributed by atoms with Gasteiger partial charge in [0.05, 0.1) is 21.8 Å².